The van der Waals surface area contributed by atoms with E-state index in [9.17, 15) is 0 Å². The number of methoxy groups -OCH3 is 1. The van der Waals surface area contributed by atoms with Gasteiger partial charge in [0.25, 0.3) is 0 Å². The molecule has 1 rings (SSSR count). The Balaban J connectivity index is 2.23. The highest BCUT2D eigenvalue weighted by Crippen LogP contribution is 2.11. The summed E-state index contributed by atoms with van der Waals surface area (Å²) >= 11 is 0. The normalized spacial score (nSPS) is 10.8. The summed E-state index contributed by atoms with van der Waals surface area (Å²) in [6, 6.07) is 7.83. The Morgan fingerprint density at radius 2 is 2.05 bits per heavy atom. The van der Waals surface area contributed by atoms with Gasteiger partial charge in [0.2, 0.25) is 0 Å². The first kappa shape index (κ1) is 15.3. The molecule has 0 unspecified atom stereocenters. The van der Waals surface area contributed by atoms with Gasteiger partial charge in [-0.1, -0.05) is 30.0 Å². The van der Waals surface area contributed by atoms with Gasteiger partial charge >= 0.3 is 0 Å². The van der Waals surface area contributed by atoms with E-state index < -0.39 is 0 Å². The molecule has 3 nitrogen and oxygen atoms in total. The Labute approximate surface area is 114 Å². The van der Waals surface area contributed by atoms with Crippen LogP contribution in [0.15, 0.2) is 35.9 Å². The van der Waals surface area contributed by atoms with Gasteiger partial charge in [0.15, 0.2) is 0 Å². The van der Waals surface area contributed by atoms with Gasteiger partial charge in [-0.15, -0.1) is 0 Å². The largest absolute Gasteiger partial charge is 0.497 e. The van der Waals surface area contributed by atoms with Crippen LogP contribution < -0.4 is 4.74 Å². The van der Waals surface area contributed by atoms with E-state index >= 15 is 0 Å². The van der Waals surface area contributed by atoms with Crippen LogP contribution in [0, 0.1) is 11.8 Å². The standard InChI is InChI=1S/C16H20O3/c1-14(5-3-11-17)6-4-12-19-13-15-7-9-16(18-2)10-8-15/h6-10,17H,4,11-13H2,1-2H3/b14-6+. The zero-order chi connectivity index (χ0) is 13.9. The van der Waals surface area contributed by atoms with Crippen LogP contribution in [0.3, 0.4) is 0 Å². The Kier molecular flexibility index (Phi) is 7.41. The lowest BCUT2D eigenvalue weighted by atomic mass is 10.2. The van der Waals surface area contributed by atoms with Gasteiger partial charge in [0.05, 0.1) is 20.3 Å². The summed E-state index contributed by atoms with van der Waals surface area (Å²) in [5.74, 6) is 6.31. The number of benzene rings is 1. The molecule has 0 saturated heterocycles. The average molecular weight is 260 g/mol. The first-order valence-corrected chi connectivity index (χ1v) is 6.23. The summed E-state index contributed by atoms with van der Waals surface area (Å²) in [5.41, 5.74) is 2.09. The van der Waals surface area contributed by atoms with Crippen molar-refractivity contribution in [3.63, 3.8) is 0 Å². The van der Waals surface area contributed by atoms with E-state index in [-0.39, 0.29) is 6.61 Å². The predicted molar refractivity (Wildman–Crippen MR) is 75.9 cm³/mol. The molecule has 0 spiro atoms. The molecule has 19 heavy (non-hydrogen) atoms. The van der Waals surface area contributed by atoms with Gasteiger partial charge in [-0.2, -0.15) is 0 Å². The topological polar surface area (TPSA) is 38.7 Å². The van der Waals surface area contributed by atoms with Gasteiger partial charge in [-0.05, 0) is 36.6 Å². The molecule has 0 amide bonds. The molecule has 0 aliphatic carbocycles. The highest BCUT2D eigenvalue weighted by Gasteiger charge is 1.94. The van der Waals surface area contributed by atoms with Gasteiger partial charge in [-0.3, -0.25) is 0 Å². The summed E-state index contributed by atoms with van der Waals surface area (Å²) in [5, 5.41) is 8.55. The molecular formula is C16H20O3. The summed E-state index contributed by atoms with van der Waals surface area (Å²) in [6.07, 6.45) is 2.83. The quantitative estimate of drug-likeness (QED) is 0.631. The molecule has 1 N–H and O–H groups in total. The van der Waals surface area contributed by atoms with Gasteiger partial charge < -0.3 is 14.6 Å². The number of ether oxygens (including phenoxy) is 2. The molecule has 3 heteroatoms. The van der Waals surface area contributed by atoms with E-state index in [0.717, 1.165) is 23.3 Å². The van der Waals surface area contributed by atoms with Crippen molar-refractivity contribution >= 4 is 0 Å². The van der Waals surface area contributed by atoms with Crippen LogP contribution in [0.2, 0.25) is 0 Å². The minimum Gasteiger partial charge on any atom is -0.497 e. The molecule has 102 valence electrons. The zero-order valence-electron chi connectivity index (χ0n) is 11.5. The maximum Gasteiger partial charge on any atom is 0.118 e. The number of aliphatic hydroxyl groups is 1. The first-order chi connectivity index (χ1) is 9.26. The predicted octanol–water partition coefficient (Wildman–Crippen LogP) is 2.54. The van der Waals surface area contributed by atoms with Crippen LogP contribution in [-0.4, -0.2) is 25.4 Å². The van der Waals surface area contributed by atoms with E-state index in [1.807, 2.05) is 37.3 Å². The third-order valence-corrected chi connectivity index (χ3v) is 2.51. The number of hydrogen-bond donors (Lipinski definition) is 1. The molecule has 1 aromatic rings. The zero-order valence-corrected chi connectivity index (χ0v) is 11.5. The Hall–Kier alpha value is -1.76. The van der Waals surface area contributed by atoms with Crippen LogP contribution in [0.25, 0.3) is 0 Å². The third-order valence-electron chi connectivity index (χ3n) is 2.51. The Morgan fingerprint density at radius 1 is 1.32 bits per heavy atom. The maximum atomic E-state index is 8.55. The van der Waals surface area contributed by atoms with Crippen molar-refractivity contribution in [2.45, 2.75) is 20.0 Å². The average Bonchev–Trinajstić information content (AvgIpc) is 2.45. The van der Waals surface area contributed by atoms with E-state index in [1.165, 1.54) is 0 Å². The lowest BCUT2D eigenvalue weighted by Crippen LogP contribution is -1.94. The van der Waals surface area contributed by atoms with E-state index in [2.05, 4.69) is 11.8 Å². The Bertz CT molecular complexity index is 449. The second kappa shape index (κ2) is 9.21. The van der Waals surface area contributed by atoms with Crippen LogP contribution in [0.4, 0.5) is 0 Å². The van der Waals surface area contributed by atoms with Gasteiger partial charge in [0.1, 0.15) is 12.4 Å². The van der Waals surface area contributed by atoms with Crippen LogP contribution in [0.5, 0.6) is 5.75 Å². The third kappa shape index (κ3) is 6.66. The fraction of sp³-hybridized carbons (Fsp3) is 0.375. The lowest BCUT2D eigenvalue weighted by molar-refractivity contribution is 0.125. The SMILES string of the molecule is COc1ccc(COCC/C=C(\C)C#CCO)cc1. The monoisotopic (exact) mass is 260 g/mol. The number of rotatable bonds is 6. The number of allylic oxidation sites excluding steroid dienone is 1. The molecule has 0 atom stereocenters. The van der Waals surface area contributed by atoms with E-state index in [4.69, 9.17) is 14.6 Å². The minimum absolute atomic E-state index is 0.0981. The van der Waals surface area contributed by atoms with E-state index in [0.29, 0.717) is 13.2 Å². The highest BCUT2D eigenvalue weighted by atomic mass is 16.5. The Morgan fingerprint density at radius 3 is 2.68 bits per heavy atom. The summed E-state index contributed by atoms with van der Waals surface area (Å²) in [7, 11) is 1.65. The summed E-state index contributed by atoms with van der Waals surface area (Å²) in [4.78, 5) is 0. The minimum atomic E-state index is -0.0981. The van der Waals surface area contributed by atoms with Crippen molar-refractivity contribution in [1.29, 1.82) is 0 Å². The molecule has 0 bridgehead atoms. The molecule has 1 aromatic carbocycles. The molecule has 0 aromatic heterocycles. The number of hydrogen-bond acceptors (Lipinski definition) is 3. The fourth-order valence-electron chi connectivity index (χ4n) is 1.50. The van der Waals surface area contributed by atoms with Crippen molar-refractivity contribution in [2.75, 3.05) is 20.3 Å². The molecular weight excluding hydrogens is 240 g/mol. The smallest absolute Gasteiger partial charge is 0.118 e. The molecule has 0 heterocycles. The highest BCUT2D eigenvalue weighted by molar-refractivity contribution is 5.27. The fourth-order valence-corrected chi connectivity index (χ4v) is 1.50. The lowest BCUT2D eigenvalue weighted by Gasteiger charge is -2.04. The van der Waals surface area contributed by atoms with Crippen molar-refractivity contribution < 1.29 is 14.6 Å². The second-order valence-electron chi connectivity index (χ2n) is 4.04. The van der Waals surface area contributed by atoms with Crippen LogP contribution >= 0.6 is 0 Å². The summed E-state index contributed by atoms with van der Waals surface area (Å²) < 4.78 is 10.7. The molecule has 0 aliphatic rings. The van der Waals surface area contributed by atoms with Gasteiger partial charge in [-0.25, -0.2) is 0 Å². The molecule has 0 aliphatic heterocycles. The van der Waals surface area contributed by atoms with E-state index in [1.54, 1.807) is 7.11 Å². The van der Waals surface area contributed by atoms with Crippen molar-refractivity contribution in [3.05, 3.63) is 41.5 Å². The summed E-state index contributed by atoms with van der Waals surface area (Å²) in [6.45, 7) is 3.08. The number of aliphatic hydroxyl groups excluding tert-OH is 1. The van der Waals surface area contributed by atoms with Crippen molar-refractivity contribution in [3.8, 4) is 17.6 Å². The van der Waals surface area contributed by atoms with Crippen LogP contribution in [0.1, 0.15) is 18.9 Å². The maximum absolute atomic E-state index is 8.55. The molecule has 0 radical (unpaired) electrons. The second-order valence-corrected chi connectivity index (χ2v) is 4.04. The van der Waals surface area contributed by atoms with Gasteiger partial charge in [0, 0.05) is 0 Å². The molecule has 0 fully saturated rings. The van der Waals surface area contributed by atoms with Crippen LogP contribution in [-0.2, 0) is 11.3 Å². The first-order valence-electron chi connectivity index (χ1n) is 6.23. The molecule has 0 saturated carbocycles. The van der Waals surface area contributed by atoms with Crippen molar-refractivity contribution in [1.82, 2.24) is 0 Å². The van der Waals surface area contributed by atoms with Crippen molar-refractivity contribution in [2.24, 2.45) is 0 Å².